The SMILES string of the molecule is C/C(=N\[S@+]([O-])C(C)(C)C)c1ccc2c(c1)CCN2C(=O)OCc1ccccc1. The van der Waals surface area contributed by atoms with Gasteiger partial charge in [0, 0.05) is 12.1 Å². The van der Waals surface area contributed by atoms with E-state index in [0.717, 1.165) is 34.5 Å². The maximum atomic E-state index is 12.5. The third kappa shape index (κ3) is 4.75. The molecule has 3 rings (SSSR count). The fourth-order valence-electron chi connectivity index (χ4n) is 2.93. The van der Waals surface area contributed by atoms with Crippen molar-refractivity contribution in [2.75, 3.05) is 11.4 Å². The molecule has 148 valence electrons. The first-order chi connectivity index (χ1) is 13.3. The Morgan fingerprint density at radius 3 is 2.61 bits per heavy atom. The van der Waals surface area contributed by atoms with E-state index in [9.17, 15) is 9.35 Å². The number of benzene rings is 2. The van der Waals surface area contributed by atoms with Crippen molar-refractivity contribution >= 4 is 28.9 Å². The lowest BCUT2D eigenvalue weighted by Gasteiger charge is -2.19. The number of carbonyl (C=O) groups excluding carboxylic acids is 1. The molecule has 2 aromatic rings. The fraction of sp³-hybridized carbons (Fsp3) is 0.364. The van der Waals surface area contributed by atoms with Crippen LogP contribution < -0.4 is 4.90 Å². The molecule has 0 N–H and O–H groups in total. The monoisotopic (exact) mass is 398 g/mol. The normalized spacial score (nSPS) is 15.3. The number of amides is 1. The molecule has 5 nitrogen and oxygen atoms in total. The molecule has 1 aliphatic heterocycles. The van der Waals surface area contributed by atoms with Crippen LogP contribution in [0.25, 0.3) is 0 Å². The quantitative estimate of drug-likeness (QED) is 0.556. The second-order valence-electron chi connectivity index (χ2n) is 7.82. The van der Waals surface area contributed by atoms with E-state index in [0.29, 0.717) is 6.54 Å². The average Bonchev–Trinajstić information content (AvgIpc) is 3.09. The molecule has 0 aliphatic carbocycles. The molecule has 6 heteroatoms. The number of nitrogens with zero attached hydrogens (tertiary/aromatic N) is 2. The maximum Gasteiger partial charge on any atom is 0.414 e. The highest BCUT2D eigenvalue weighted by atomic mass is 32.2. The minimum Gasteiger partial charge on any atom is -0.591 e. The van der Waals surface area contributed by atoms with E-state index in [4.69, 9.17) is 4.74 Å². The van der Waals surface area contributed by atoms with E-state index in [1.165, 1.54) is 0 Å². The smallest absolute Gasteiger partial charge is 0.414 e. The number of hydrogen-bond donors (Lipinski definition) is 0. The molecule has 1 amide bonds. The predicted octanol–water partition coefficient (Wildman–Crippen LogP) is 4.66. The van der Waals surface area contributed by atoms with Crippen molar-refractivity contribution in [2.45, 2.75) is 45.5 Å². The summed E-state index contributed by atoms with van der Waals surface area (Å²) < 4.78 is 21.7. The number of carbonyl (C=O) groups is 1. The van der Waals surface area contributed by atoms with Crippen LogP contribution in [0.4, 0.5) is 10.5 Å². The first kappa shape index (κ1) is 20.4. The van der Waals surface area contributed by atoms with Gasteiger partial charge in [0.1, 0.15) is 22.7 Å². The molecule has 0 saturated heterocycles. The third-order valence-corrected chi connectivity index (χ3v) is 6.05. The van der Waals surface area contributed by atoms with Crippen LogP contribution in [0.1, 0.15) is 44.4 Å². The number of fused-ring (bicyclic) bond motifs is 1. The standard InChI is InChI=1S/C22H26N2O3S/c1-16(23-28(26)22(2,3)4)18-10-11-20-19(14-18)12-13-24(20)21(25)27-15-17-8-6-5-7-9-17/h5-11,14H,12-13,15H2,1-4H3/b23-16+/t28-/m1/s1. The molecule has 1 heterocycles. The molecule has 0 fully saturated rings. The van der Waals surface area contributed by atoms with E-state index in [1.54, 1.807) is 4.90 Å². The van der Waals surface area contributed by atoms with Gasteiger partial charge >= 0.3 is 6.09 Å². The second kappa shape index (κ2) is 8.37. The molecule has 28 heavy (non-hydrogen) atoms. The zero-order valence-corrected chi connectivity index (χ0v) is 17.6. The van der Waals surface area contributed by atoms with Gasteiger partial charge in [0.2, 0.25) is 0 Å². The van der Waals surface area contributed by atoms with Crippen LogP contribution >= 0.6 is 0 Å². The van der Waals surface area contributed by atoms with Gasteiger partial charge < -0.3 is 9.29 Å². The van der Waals surface area contributed by atoms with Crippen LogP contribution in [0.2, 0.25) is 0 Å². The molecule has 0 saturated carbocycles. The molecule has 0 spiro atoms. The molecular formula is C22H26N2O3S. The molecule has 0 unspecified atom stereocenters. The summed E-state index contributed by atoms with van der Waals surface area (Å²) in [7, 11) is 0. The summed E-state index contributed by atoms with van der Waals surface area (Å²) >= 11 is -1.30. The van der Waals surface area contributed by atoms with Gasteiger partial charge in [0.15, 0.2) is 0 Å². The second-order valence-corrected chi connectivity index (χ2v) is 9.73. The van der Waals surface area contributed by atoms with Crippen LogP contribution in [0.5, 0.6) is 0 Å². The molecule has 1 aliphatic rings. The van der Waals surface area contributed by atoms with Crippen LogP contribution in [0.15, 0.2) is 52.9 Å². The Bertz CT molecular complexity index is 875. The summed E-state index contributed by atoms with van der Waals surface area (Å²) in [6.45, 7) is 8.43. The van der Waals surface area contributed by atoms with Crippen molar-refractivity contribution in [1.82, 2.24) is 0 Å². The van der Waals surface area contributed by atoms with E-state index in [2.05, 4.69) is 4.40 Å². The highest BCUT2D eigenvalue weighted by Gasteiger charge is 2.28. The molecule has 0 radical (unpaired) electrons. The minimum atomic E-state index is -1.30. The lowest BCUT2D eigenvalue weighted by atomic mass is 10.1. The van der Waals surface area contributed by atoms with Gasteiger partial charge in [-0.2, -0.15) is 0 Å². The van der Waals surface area contributed by atoms with E-state index in [-0.39, 0.29) is 12.7 Å². The summed E-state index contributed by atoms with van der Waals surface area (Å²) in [5, 5.41) is 0. The Morgan fingerprint density at radius 2 is 1.93 bits per heavy atom. The van der Waals surface area contributed by atoms with Crippen molar-refractivity contribution in [3.05, 3.63) is 65.2 Å². The van der Waals surface area contributed by atoms with Crippen molar-refractivity contribution in [3.63, 3.8) is 0 Å². The van der Waals surface area contributed by atoms with Crippen LogP contribution in [0, 0.1) is 0 Å². The summed E-state index contributed by atoms with van der Waals surface area (Å²) in [6.07, 6.45) is 0.425. The Kier molecular flexibility index (Phi) is 6.10. The van der Waals surface area contributed by atoms with Gasteiger partial charge in [-0.15, -0.1) is 0 Å². The lowest BCUT2D eigenvalue weighted by Crippen LogP contribution is -2.29. The van der Waals surface area contributed by atoms with E-state index >= 15 is 0 Å². The van der Waals surface area contributed by atoms with Crippen molar-refractivity contribution < 1.29 is 14.1 Å². The summed E-state index contributed by atoms with van der Waals surface area (Å²) in [5.74, 6) is 0. The van der Waals surface area contributed by atoms with E-state index < -0.39 is 16.1 Å². The molecule has 1 atom stereocenters. The van der Waals surface area contributed by atoms with Gasteiger partial charge in [-0.1, -0.05) is 40.8 Å². The predicted molar refractivity (Wildman–Crippen MR) is 114 cm³/mol. The zero-order chi connectivity index (χ0) is 20.3. The Labute approximate surface area is 169 Å². The Hall–Kier alpha value is -2.31. The number of hydrogen-bond acceptors (Lipinski definition) is 4. The molecule has 2 aromatic carbocycles. The van der Waals surface area contributed by atoms with E-state index in [1.807, 2.05) is 76.2 Å². The Balaban J connectivity index is 1.70. The molecular weight excluding hydrogens is 372 g/mol. The van der Waals surface area contributed by atoms with Crippen LogP contribution in [0.3, 0.4) is 0 Å². The van der Waals surface area contributed by atoms with Gasteiger partial charge in [-0.25, -0.2) is 4.79 Å². The van der Waals surface area contributed by atoms with Gasteiger partial charge in [0.25, 0.3) is 0 Å². The summed E-state index contributed by atoms with van der Waals surface area (Å²) in [4.78, 5) is 14.2. The van der Waals surface area contributed by atoms with Gasteiger partial charge in [-0.05, 0) is 57.4 Å². The molecule has 0 bridgehead atoms. The van der Waals surface area contributed by atoms with Crippen LogP contribution in [-0.2, 0) is 29.1 Å². The highest BCUT2D eigenvalue weighted by Crippen LogP contribution is 2.30. The first-order valence-electron chi connectivity index (χ1n) is 9.34. The third-order valence-electron chi connectivity index (χ3n) is 4.56. The van der Waals surface area contributed by atoms with Crippen molar-refractivity contribution in [3.8, 4) is 0 Å². The first-order valence-corrected chi connectivity index (χ1v) is 10.4. The average molecular weight is 399 g/mol. The van der Waals surface area contributed by atoms with Crippen molar-refractivity contribution in [2.24, 2.45) is 4.40 Å². The number of anilines is 1. The highest BCUT2D eigenvalue weighted by molar-refractivity contribution is 7.91. The minimum absolute atomic E-state index is 0.258. The molecule has 0 aromatic heterocycles. The number of ether oxygens (including phenoxy) is 1. The van der Waals surface area contributed by atoms with Gasteiger partial charge in [-0.3, -0.25) is 4.90 Å². The summed E-state index contributed by atoms with van der Waals surface area (Å²) in [5.41, 5.74) is 4.57. The van der Waals surface area contributed by atoms with Crippen molar-refractivity contribution in [1.29, 1.82) is 0 Å². The maximum absolute atomic E-state index is 12.5. The van der Waals surface area contributed by atoms with Crippen LogP contribution in [-0.4, -0.2) is 27.6 Å². The topological polar surface area (TPSA) is 65.0 Å². The fourth-order valence-corrected chi connectivity index (χ4v) is 3.56. The van der Waals surface area contributed by atoms with Gasteiger partial charge in [0.05, 0.1) is 11.4 Å². The largest absolute Gasteiger partial charge is 0.591 e. The Morgan fingerprint density at radius 1 is 1.21 bits per heavy atom. The zero-order valence-electron chi connectivity index (χ0n) is 16.8. The lowest BCUT2D eigenvalue weighted by molar-refractivity contribution is 0.147. The number of rotatable bonds is 4. The summed E-state index contributed by atoms with van der Waals surface area (Å²) in [6, 6.07) is 15.5.